The highest BCUT2D eigenvalue weighted by Crippen LogP contribution is 2.67. The fourth-order valence-electron chi connectivity index (χ4n) is 4.28. The van der Waals surface area contributed by atoms with Gasteiger partial charge in [-0.15, -0.1) is 0 Å². The molecule has 10 heteroatoms. The summed E-state index contributed by atoms with van der Waals surface area (Å²) in [5, 5.41) is 6.28. The Kier molecular flexibility index (Phi) is 5.94. The van der Waals surface area contributed by atoms with Crippen molar-refractivity contribution in [2.45, 2.75) is 24.8 Å². The van der Waals surface area contributed by atoms with Crippen molar-refractivity contribution in [1.29, 1.82) is 0 Å². The van der Waals surface area contributed by atoms with Crippen molar-refractivity contribution in [3.63, 3.8) is 0 Å². The predicted octanol–water partition coefficient (Wildman–Crippen LogP) is 5.45. The van der Waals surface area contributed by atoms with Gasteiger partial charge in [-0.25, -0.2) is 9.18 Å². The van der Waals surface area contributed by atoms with Gasteiger partial charge in [0.05, 0.1) is 21.7 Å². The number of carbonyl (C=O) groups is 2. The molecule has 2 N–H and O–H groups in total. The first-order chi connectivity index (χ1) is 14.7. The van der Waals surface area contributed by atoms with Crippen LogP contribution in [0.1, 0.15) is 19.3 Å². The molecule has 2 aromatic rings. The highest BCUT2D eigenvalue weighted by Gasteiger charge is 2.69. The lowest BCUT2D eigenvalue weighted by molar-refractivity contribution is -0.183. The Morgan fingerprint density at radius 3 is 2.39 bits per heavy atom. The lowest BCUT2D eigenvalue weighted by Crippen LogP contribution is -2.76. The highest BCUT2D eigenvalue weighted by molar-refractivity contribution is 6.42. The molecule has 0 heterocycles. The van der Waals surface area contributed by atoms with E-state index in [0.29, 0.717) is 15.7 Å². The van der Waals surface area contributed by atoms with Crippen LogP contribution in [0.2, 0.25) is 15.1 Å². The van der Waals surface area contributed by atoms with Gasteiger partial charge in [0.15, 0.2) is 6.61 Å². The average molecular weight is 488 g/mol. The summed E-state index contributed by atoms with van der Waals surface area (Å²) in [7, 11) is 0. The number of amides is 2. The van der Waals surface area contributed by atoms with Gasteiger partial charge < -0.3 is 14.8 Å². The molecule has 0 radical (unpaired) electrons. The van der Waals surface area contributed by atoms with Crippen LogP contribution in [0, 0.1) is 11.2 Å². The molecule has 6 nitrogen and oxygen atoms in total. The number of halogens is 4. The quantitative estimate of drug-likeness (QED) is 0.544. The largest absolute Gasteiger partial charge is 0.484 e. The van der Waals surface area contributed by atoms with E-state index < -0.39 is 11.9 Å². The summed E-state index contributed by atoms with van der Waals surface area (Å²) in [5.74, 6) is -0.668. The Hall–Kier alpha value is -2.22. The number of hydrogen-bond donors (Lipinski definition) is 2. The predicted molar refractivity (Wildman–Crippen MR) is 115 cm³/mol. The number of ether oxygens (including phenoxy) is 2. The van der Waals surface area contributed by atoms with Crippen LogP contribution in [0.3, 0.4) is 0 Å². The Balaban J connectivity index is 1.17. The van der Waals surface area contributed by atoms with Crippen LogP contribution in [0.15, 0.2) is 36.4 Å². The zero-order valence-electron chi connectivity index (χ0n) is 16.1. The molecule has 0 aromatic heterocycles. The molecule has 5 rings (SSSR count). The van der Waals surface area contributed by atoms with Gasteiger partial charge in [-0.05, 0) is 49.6 Å². The van der Waals surface area contributed by atoms with E-state index in [1.54, 1.807) is 12.1 Å². The van der Waals surface area contributed by atoms with E-state index in [2.05, 4.69) is 10.6 Å². The minimum atomic E-state index is -0.607. The SMILES string of the molecule is O=C(COc1ccc(Cl)c(F)c1)NC12CC(COC(=O)Nc3ccc(Cl)c(Cl)c3)(C1)C2. The fraction of sp³-hybridized carbons (Fsp3) is 0.333. The van der Waals surface area contributed by atoms with Crippen molar-refractivity contribution in [3.8, 4) is 5.75 Å². The van der Waals surface area contributed by atoms with Crippen LogP contribution in [0.4, 0.5) is 14.9 Å². The number of carbonyl (C=O) groups excluding carboxylic acids is 2. The molecular formula is C21H18Cl3FN2O4. The Bertz CT molecular complexity index is 1030. The van der Waals surface area contributed by atoms with E-state index in [1.807, 2.05) is 0 Å². The second-order valence-electron chi connectivity index (χ2n) is 8.05. The molecule has 0 atom stereocenters. The maximum Gasteiger partial charge on any atom is 0.411 e. The van der Waals surface area contributed by atoms with E-state index in [4.69, 9.17) is 44.3 Å². The minimum absolute atomic E-state index is 0.0103. The summed E-state index contributed by atoms with van der Waals surface area (Å²) in [5.41, 5.74) is 0.0961. The standard InChI is InChI=1S/C21H18Cl3FN2O4/c22-14-3-1-12(5-16(14)24)26-19(29)31-11-20-8-21(9-20,10-20)27-18(28)7-30-13-2-4-15(23)17(25)6-13/h1-6H,7-11H2,(H,26,29)(H,27,28). The van der Waals surface area contributed by atoms with Gasteiger partial charge in [-0.3, -0.25) is 10.1 Å². The molecular weight excluding hydrogens is 470 g/mol. The highest BCUT2D eigenvalue weighted by atomic mass is 35.5. The van der Waals surface area contributed by atoms with Crippen LogP contribution in [0.5, 0.6) is 5.75 Å². The molecule has 0 saturated heterocycles. The normalized spacial score (nSPS) is 23.2. The Morgan fingerprint density at radius 2 is 1.71 bits per heavy atom. The van der Waals surface area contributed by atoms with Gasteiger partial charge in [0, 0.05) is 22.7 Å². The van der Waals surface area contributed by atoms with E-state index in [0.717, 1.165) is 25.3 Å². The molecule has 164 valence electrons. The van der Waals surface area contributed by atoms with Gasteiger partial charge in [-0.1, -0.05) is 34.8 Å². The smallest absolute Gasteiger partial charge is 0.411 e. The second-order valence-corrected chi connectivity index (χ2v) is 9.28. The first-order valence-electron chi connectivity index (χ1n) is 9.45. The van der Waals surface area contributed by atoms with E-state index >= 15 is 0 Å². The van der Waals surface area contributed by atoms with E-state index in [9.17, 15) is 14.0 Å². The molecule has 0 unspecified atom stereocenters. The molecule has 3 saturated carbocycles. The molecule has 31 heavy (non-hydrogen) atoms. The van der Waals surface area contributed by atoms with Crippen molar-refractivity contribution < 1.29 is 23.5 Å². The van der Waals surface area contributed by atoms with Gasteiger partial charge in [-0.2, -0.15) is 0 Å². The van der Waals surface area contributed by atoms with Crippen LogP contribution in [-0.4, -0.2) is 30.8 Å². The molecule has 3 aliphatic carbocycles. The summed E-state index contributed by atoms with van der Waals surface area (Å²) < 4.78 is 24.0. The van der Waals surface area contributed by atoms with Crippen LogP contribution in [0.25, 0.3) is 0 Å². The van der Waals surface area contributed by atoms with Crippen LogP contribution in [-0.2, 0) is 9.53 Å². The molecule has 0 spiro atoms. The van der Waals surface area contributed by atoms with Crippen LogP contribution < -0.4 is 15.4 Å². The summed E-state index contributed by atoms with van der Waals surface area (Å²) in [6, 6.07) is 8.74. The third-order valence-corrected chi connectivity index (χ3v) is 6.53. The van der Waals surface area contributed by atoms with Gasteiger partial charge >= 0.3 is 6.09 Å². The molecule has 3 aliphatic rings. The minimum Gasteiger partial charge on any atom is -0.484 e. The summed E-state index contributed by atoms with van der Waals surface area (Å²) >= 11 is 17.4. The lowest BCUT2D eigenvalue weighted by Gasteiger charge is -2.70. The lowest BCUT2D eigenvalue weighted by atomic mass is 9.39. The zero-order chi connectivity index (χ0) is 22.2. The summed E-state index contributed by atoms with van der Waals surface area (Å²) in [6.07, 6.45) is 1.59. The number of nitrogens with one attached hydrogen (secondary N) is 2. The van der Waals surface area contributed by atoms with Crippen LogP contribution >= 0.6 is 34.8 Å². The van der Waals surface area contributed by atoms with Crippen molar-refractivity contribution in [2.24, 2.45) is 5.41 Å². The van der Waals surface area contributed by atoms with Crippen molar-refractivity contribution in [3.05, 3.63) is 57.3 Å². The monoisotopic (exact) mass is 486 g/mol. The summed E-state index contributed by atoms with van der Waals surface area (Å²) in [4.78, 5) is 24.2. The molecule has 2 aromatic carbocycles. The Labute approximate surface area is 192 Å². The first-order valence-corrected chi connectivity index (χ1v) is 10.6. The van der Waals surface area contributed by atoms with Crippen molar-refractivity contribution in [1.82, 2.24) is 5.32 Å². The van der Waals surface area contributed by atoms with Gasteiger partial charge in [0.2, 0.25) is 0 Å². The van der Waals surface area contributed by atoms with E-state index in [-0.39, 0.29) is 40.8 Å². The maximum absolute atomic E-state index is 13.4. The maximum atomic E-state index is 13.4. The third-order valence-electron chi connectivity index (χ3n) is 5.48. The van der Waals surface area contributed by atoms with Crippen molar-refractivity contribution >= 4 is 52.5 Å². The first kappa shape index (κ1) is 22.0. The second kappa shape index (κ2) is 8.37. The molecule has 0 aliphatic heterocycles. The van der Waals surface area contributed by atoms with E-state index in [1.165, 1.54) is 18.2 Å². The Morgan fingerprint density at radius 1 is 1.00 bits per heavy atom. The number of rotatable bonds is 7. The fourth-order valence-corrected chi connectivity index (χ4v) is 4.69. The van der Waals surface area contributed by atoms with Gasteiger partial charge in [0.25, 0.3) is 5.91 Å². The molecule has 2 bridgehead atoms. The zero-order valence-corrected chi connectivity index (χ0v) is 18.4. The summed E-state index contributed by atoms with van der Waals surface area (Å²) in [6.45, 7) is 0.0384. The number of anilines is 1. The number of hydrogen-bond acceptors (Lipinski definition) is 4. The molecule has 3 fully saturated rings. The van der Waals surface area contributed by atoms with Crippen molar-refractivity contribution in [2.75, 3.05) is 18.5 Å². The van der Waals surface area contributed by atoms with Gasteiger partial charge in [0.1, 0.15) is 11.6 Å². The third kappa shape index (κ3) is 4.84. The number of benzene rings is 2. The molecule has 2 amide bonds. The average Bonchev–Trinajstić information content (AvgIpc) is 2.66. The topological polar surface area (TPSA) is 76.7 Å².